The van der Waals surface area contributed by atoms with Gasteiger partial charge in [-0.25, -0.2) is 4.39 Å². The lowest BCUT2D eigenvalue weighted by Gasteiger charge is -2.01. The van der Waals surface area contributed by atoms with Crippen molar-refractivity contribution in [3.8, 4) is 11.3 Å². The van der Waals surface area contributed by atoms with Crippen LogP contribution in [0.5, 0.6) is 0 Å². The Labute approximate surface area is 107 Å². The lowest BCUT2D eigenvalue weighted by Crippen LogP contribution is -1.93. The fourth-order valence-corrected chi connectivity index (χ4v) is 1.99. The van der Waals surface area contributed by atoms with E-state index in [0.29, 0.717) is 17.1 Å². The molecule has 0 aliphatic rings. The molecular weight excluding hydrogens is 287 g/mol. The number of carbonyl (C=O) groups excluding carboxylic acids is 1. The van der Waals surface area contributed by atoms with Gasteiger partial charge in [-0.1, -0.05) is 15.9 Å². The molecule has 0 fully saturated rings. The van der Waals surface area contributed by atoms with Crippen LogP contribution in [0.25, 0.3) is 11.3 Å². The lowest BCUT2D eigenvalue weighted by atomic mass is 10.2. The summed E-state index contributed by atoms with van der Waals surface area (Å²) in [5.41, 5.74) is 0.639. The fraction of sp³-hybridized carbons (Fsp3) is 0.154. The van der Waals surface area contributed by atoms with Gasteiger partial charge in [0.25, 0.3) is 0 Å². The molecule has 0 bridgehead atoms. The molecule has 1 heterocycles. The first-order chi connectivity index (χ1) is 8.06. The third-order valence-electron chi connectivity index (χ3n) is 2.28. The number of benzene rings is 1. The van der Waals surface area contributed by atoms with Crippen LogP contribution in [0.3, 0.4) is 0 Å². The van der Waals surface area contributed by atoms with Crippen LogP contribution in [0.1, 0.15) is 12.7 Å². The number of hydrogen-bond acceptors (Lipinski definition) is 2. The molecule has 1 aromatic carbocycles. The van der Waals surface area contributed by atoms with E-state index in [9.17, 15) is 9.18 Å². The molecule has 0 radical (unpaired) electrons. The van der Waals surface area contributed by atoms with Crippen LogP contribution in [-0.2, 0) is 11.2 Å². The maximum absolute atomic E-state index is 13.1. The Morgan fingerprint density at radius 3 is 2.82 bits per heavy atom. The van der Waals surface area contributed by atoms with Gasteiger partial charge in [0.1, 0.15) is 23.1 Å². The van der Waals surface area contributed by atoms with E-state index in [-0.39, 0.29) is 18.0 Å². The third-order valence-corrected chi connectivity index (χ3v) is 2.97. The highest BCUT2D eigenvalue weighted by molar-refractivity contribution is 9.10. The second-order valence-corrected chi connectivity index (χ2v) is 4.62. The van der Waals surface area contributed by atoms with Crippen LogP contribution in [0.4, 0.5) is 4.39 Å². The number of ketones is 1. The zero-order valence-electron chi connectivity index (χ0n) is 9.17. The van der Waals surface area contributed by atoms with Crippen LogP contribution in [0.2, 0.25) is 0 Å². The van der Waals surface area contributed by atoms with Gasteiger partial charge in [0.05, 0.1) is 6.42 Å². The average Bonchev–Trinajstić information content (AvgIpc) is 2.69. The van der Waals surface area contributed by atoms with Crippen LogP contribution in [0, 0.1) is 5.82 Å². The van der Waals surface area contributed by atoms with Crippen molar-refractivity contribution in [2.24, 2.45) is 0 Å². The molecule has 0 aliphatic heterocycles. The first-order valence-corrected chi connectivity index (χ1v) is 5.89. The van der Waals surface area contributed by atoms with Crippen molar-refractivity contribution < 1.29 is 13.6 Å². The summed E-state index contributed by atoms with van der Waals surface area (Å²) in [7, 11) is 0. The van der Waals surface area contributed by atoms with E-state index < -0.39 is 0 Å². The predicted octanol–water partition coefficient (Wildman–Crippen LogP) is 3.98. The van der Waals surface area contributed by atoms with E-state index >= 15 is 0 Å². The van der Waals surface area contributed by atoms with Gasteiger partial charge in [-0.3, -0.25) is 4.79 Å². The van der Waals surface area contributed by atoms with Gasteiger partial charge in [0.15, 0.2) is 0 Å². The van der Waals surface area contributed by atoms with Gasteiger partial charge in [-0.05, 0) is 37.3 Å². The van der Waals surface area contributed by atoms with Crippen molar-refractivity contribution in [1.82, 2.24) is 0 Å². The molecule has 0 unspecified atom stereocenters. The summed E-state index contributed by atoms with van der Waals surface area (Å²) in [5.74, 6) is 0.841. The van der Waals surface area contributed by atoms with Crippen LogP contribution in [-0.4, -0.2) is 5.78 Å². The molecule has 2 nitrogen and oxygen atoms in total. The molecule has 2 rings (SSSR count). The Hall–Kier alpha value is -1.42. The normalized spacial score (nSPS) is 10.5. The SMILES string of the molecule is CC(=O)Cc1ccc(-c2cc(F)ccc2Br)o1. The molecule has 17 heavy (non-hydrogen) atoms. The summed E-state index contributed by atoms with van der Waals surface area (Å²) in [6.07, 6.45) is 0.257. The second kappa shape index (κ2) is 4.84. The van der Waals surface area contributed by atoms with Gasteiger partial charge in [0, 0.05) is 10.0 Å². The van der Waals surface area contributed by atoms with E-state index in [0.717, 1.165) is 4.47 Å². The van der Waals surface area contributed by atoms with E-state index in [1.807, 2.05) is 0 Å². The van der Waals surface area contributed by atoms with E-state index in [1.165, 1.54) is 19.1 Å². The van der Waals surface area contributed by atoms with Crippen molar-refractivity contribution in [1.29, 1.82) is 0 Å². The quantitative estimate of drug-likeness (QED) is 0.857. The molecule has 0 atom stereocenters. The Bertz CT molecular complexity index is 560. The van der Waals surface area contributed by atoms with Crippen molar-refractivity contribution in [2.75, 3.05) is 0 Å². The molecule has 0 saturated carbocycles. The monoisotopic (exact) mass is 296 g/mol. The van der Waals surface area contributed by atoms with E-state index in [2.05, 4.69) is 15.9 Å². The van der Waals surface area contributed by atoms with Gasteiger partial charge in [0.2, 0.25) is 0 Å². The number of hydrogen-bond donors (Lipinski definition) is 0. The number of carbonyl (C=O) groups is 1. The van der Waals surface area contributed by atoms with Crippen LogP contribution < -0.4 is 0 Å². The van der Waals surface area contributed by atoms with Gasteiger partial charge >= 0.3 is 0 Å². The van der Waals surface area contributed by atoms with Crippen molar-refractivity contribution in [2.45, 2.75) is 13.3 Å². The molecule has 0 amide bonds. The first kappa shape index (κ1) is 12.0. The maximum atomic E-state index is 13.1. The number of furan rings is 1. The first-order valence-electron chi connectivity index (χ1n) is 5.10. The Morgan fingerprint density at radius 2 is 2.12 bits per heavy atom. The minimum Gasteiger partial charge on any atom is -0.461 e. The summed E-state index contributed by atoms with van der Waals surface area (Å²) in [5, 5.41) is 0. The molecule has 88 valence electrons. The summed E-state index contributed by atoms with van der Waals surface area (Å²) < 4.78 is 19.4. The molecule has 4 heteroatoms. The topological polar surface area (TPSA) is 30.2 Å². The van der Waals surface area contributed by atoms with Gasteiger partial charge in [-0.2, -0.15) is 0 Å². The van der Waals surface area contributed by atoms with Gasteiger partial charge in [-0.15, -0.1) is 0 Å². The van der Waals surface area contributed by atoms with Crippen molar-refractivity contribution in [3.63, 3.8) is 0 Å². The predicted molar refractivity (Wildman–Crippen MR) is 66.2 cm³/mol. The molecular formula is C13H10BrFO2. The van der Waals surface area contributed by atoms with Crippen molar-refractivity contribution >= 4 is 21.7 Å². The fourth-order valence-electron chi connectivity index (χ4n) is 1.55. The molecule has 0 saturated heterocycles. The summed E-state index contributed by atoms with van der Waals surface area (Å²) >= 11 is 3.33. The van der Waals surface area contributed by atoms with Gasteiger partial charge < -0.3 is 4.42 Å². The highest BCUT2D eigenvalue weighted by Gasteiger charge is 2.10. The second-order valence-electron chi connectivity index (χ2n) is 3.77. The Morgan fingerprint density at radius 1 is 1.35 bits per heavy atom. The highest BCUT2D eigenvalue weighted by Crippen LogP contribution is 2.30. The van der Waals surface area contributed by atoms with Crippen LogP contribution >= 0.6 is 15.9 Å². The Balaban J connectivity index is 2.36. The van der Waals surface area contributed by atoms with Crippen LogP contribution in [0.15, 0.2) is 39.2 Å². The Kier molecular flexibility index (Phi) is 3.43. The maximum Gasteiger partial charge on any atom is 0.137 e. The zero-order chi connectivity index (χ0) is 12.4. The molecule has 1 aromatic heterocycles. The van der Waals surface area contributed by atoms with E-state index in [1.54, 1.807) is 18.2 Å². The van der Waals surface area contributed by atoms with Crippen molar-refractivity contribution in [3.05, 3.63) is 46.4 Å². The third kappa shape index (κ3) is 2.82. The minimum absolute atomic E-state index is 0.0317. The number of Topliss-reactive ketones (excluding diaryl/α,β-unsaturated/α-hetero) is 1. The summed E-state index contributed by atoms with van der Waals surface area (Å²) in [6, 6.07) is 7.84. The number of halogens is 2. The summed E-state index contributed by atoms with van der Waals surface area (Å²) in [6.45, 7) is 1.50. The smallest absolute Gasteiger partial charge is 0.137 e. The zero-order valence-corrected chi connectivity index (χ0v) is 10.8. The molecule has 0 N–H and O–H groups in total. The summed E-state index contributed by atoms with van der Waals surface area (Å²) in [4.78, 5) is 11.0. The lowest BCUT2D eigenvalue weighted by molar-refractivity contribution is -0.116. The highest BCUT2D eigenvalue weighted by atomic mass is 79.9. The average molecular weight is 297 g/mol. The van der Waals surface area contributed by atoms with E-state index in [4.69, 9.17) is 4.42 Å². The molecule has 2 aromatic rings. The standard InChI is InChI=1S/C13H10BrFO2/c1-8(16)6-10-3-5-13(17-10)11-7-9(15)2-4-12(11)14/h2-5,7H,6H2,1H3. The largest absolute Gasteiger partial charge is 0.461 e. The number of rotatable bonds is 3. The minimum atomic E-state index is -0.326. The molecule has 0 aliphatic carbocycles. The molecule has 0 spiro atoms.